The van der Waals surface area contributed by atoms with Crippen LogP contribution in [0.5, 0.6) is 5.75 Å². The van der Waals surface area contributed by atoms with Crippen molar-refractivity contribution in [3.05, 3.63) is 95.1 Å². The molecule has 0 unspecified atom stereocenters. The van der Waals surface area contributed by atoms with E-state index in [0.717, 1.165) is 11.1 Å². The van der Waals surface area contributed by atoms with Crippen LogP contribution in [0.25, 0.3) is 0 Å². The van der Waals surface area contributed by atoms with Crippen LogP contribution in [-0.2, 0) is 6.54 Å². The summed E-state index contributed by atoms with van der Waals surface area (Å²) >= 11 is 0. The number of ether oxygens (including phenoxy) is 1. The second-order valence-corrected chi connectivity index (χ2v) is 6.40. The molecule has 142 valence electrons. The summed E-state index contributed by atoms with van der Waals surface area (Å²) in [5.41, 5.74) is 3.47. The molecule has 28 heavy (non-hydrogen) atoms. The van der Waals surface area contributed by atoms with Crippen molar-refractivity contribution in [2.45, 2.75) is 13.5 Å². The Bertz CT molecular complexity index is 998. The first-order valence-electron chi connectivity index (χ1n) is 8.95. The molecule has 0 aliphatic rings. The van der Waals surface area contributed by atoms with Gasteiger partial charge in [0, 0.05) is 12.1 Å². The predicted molar refractivity (Wildman–Crippen MR) is 110 cm³/mol. The SMILES string of the molecule is COc1cccc(C(=O)Nc2ccccc2C(=O)NCc2cccc(C)c2)c1. The third kappa shape index (κ3) is 4.76. The highest BCUT2D eigenvalue weighted by Gasteiger charge is 2.14. The molecule has 0 heterocycles. The summed E-state index contributed by atoms with van der Waals surface area (Å²) in [4.78, 5) is 25.2. The number of nitrogens with one attached hydrogen (secondary N) is 2. The molecule has 5 heteroatoms. The number of hydrogen-bond acceptors (Lipinski definition) is 3. The van der Waals surface area contributed by atoms with Crippen LogP contribution in [0.3, 0.4) is 0 Å². The van der Waals surface area contributed by atoms with Gasteiger partial charge in [-0.1, -0.05) is 48.0 Å². The Morgan fingerprint density at radius 3 is 2.46 bits per heavy atom. The summed E-state index contributed by atoms with van der Waals surface area (Å²) in [6.07, 6.45) is 0. The molecule has 2 N–H and O–H groups in total. The predicted octanol–water partition coefficient (Wildman–Crippen LogP) is 4.19. The minimum Gasteiger partial charge on any atom is -0.497 e. The number of carbonyl (C=O) groups excluding carboxylic acids is 2. The molecule has 3 rings (SSSR count). The molecular weight excluding hydrogens is 352 g/mol. The number of methoxy groups -OCH3 is 1. The summed E-state index contributed by atoms with van der Waals surface area (Å²) in [5.74, 6) is 0.0396. The van der Waals surface area contributed by atoms with Crippen molar-refractivity contribution in [3.8, 4) is 5.75 Å². The van der Waals surface area contributed by atoms with Crippen LogP contribution in [0.15, 0.2) is 72.8 Å². The first-order valence-corrected chi connectivity index (χ1v) is 8.95. The van der Waals surface area contributed by atoms with Gasteiger partial charge in [-0.15, -0.1) is 0 Å². The van der Waals surface area contributed by atoms with E-state index < -0.39 is 0 Å². The van der Waals surface area contributed by atoms with Crippen LogP contribution < -0.4 is 15.4 Å². The van der Waals surface area contributed by atoms with Crippen molar-refractivity contribution in [1.82, 2.24) is 5.32 Å². The molecule has 0 aliphatic carbocycles. The number of amides is 2. The van der Waals surface area contributed by atoms with Gasteiger partial charge in [0.2, 0.25) is 0 Å². The summed E-state index contributed by atoms with van der Waals surface area (Å²) in [6, 6.07) is 21.7. The van der Waals surface area contributed by atoms with E-state index in [9.17, 15) is 9.59 Å². The van der Waals surface area contributed by atoms with Crippen LogP contribution >= 0.6 is 0 Å². The van der Waals surface area contributed by atoms with Gasteiger partial charge in [-0.3, -0.25) is 9.59 Å². The van der Waals surface area contributed by atoms with Crippen LogP contribution in [0.2, 0.25) is 0 Å². The highest BCUT2D eigenvalue weighted by molar-refractivity contribution is 6.09. The van der Waals surface area contributed by atoms with E-state index in [2.05, 4.69) is 10.6 Å². The fraction of sp³-hybridized carbons (Fsp3) is 0.130. The Labute approximate surface area is 164 Å². The number of hydrogen-bond donors (Lipinski definition) is 2. The molecule has 0 bridgehead atoms. The zero-order valence-electron chi connectivity index (χ0n) is 15.9. The van der Waals surface area contributed by atoms with Crippen molar-refractivity contribution in [2.75, 3.05) is 12.4 Å². The maximum atomic E-state index is 12.7. The lowest BCUT2D eigenvalue weighted by atomic mass is 10.1. The van der Waals surface area contributed by atoms with Gasteiger partial charge in [0.05, 0.1) is 18.4 Å². The Morgan fingerprint density at radius 1 is 0.893 bits per heavy atom. The van der Waals surface area contributed by atoms with Gasteiger partial charge in [0.25, 0.3) is 11.8 Å². The lowest BCUT2D eigenvalue weighted by Gasteiger charge is -2.12. The Kier molecular flexibility index (Phi) is 6.07. The largest absolute Gasteiger partial charge is 0.497 e. The molecule has 3 aromatic rings. The normalized spacial score (nSPS) is 10.2. The maximum Gasteiger partial charge on any atom is 0.255 e. The molecule has 5 nitrogen and oxygen atoms in total. The molecule has 0 aliphatic heterocycles. The first kappa shape index (κ1) is 19.2. The third-order valence-corrected chi connectivity index (χ3v) is 4.29. The lowest BCUT2D eigenvalue weighted by Crippen LogP contribution is -2.25. The molecular formula is C23H22N2O3. The van der Waals surface area contributed by atoms with Crippen molar-refractivity contribution < 1.29 is 14.3 Å². The molecule has 0 saturated carbocycles. The molecule has 0 atom stereocenters. The molecule has 0 saturated heterocycles. The topological polar surface area (TPSA) is 67.4 Å². The van der Waals surface area contributed by atoms with E-state index in [-0.39, 0.29) is 11.8 Å². The maximum absolute atomic E-state index is 12.7. The molecule has 0 fully saturated rings. The molecule has 0 radical (unpaired) electrons. The molecule has 0 spiro atoms. The standard InChI is InChI=1S/C23H22N2O3/c1-16-7-5-8-17(13-16)15-24-23(27)20-11-3-4-12-21(20)25-22(26)18-9-6-10-19(14-18)28-2/h3-14H,15H2,1-2H3,(H,24,27)(H,25,26). The minimum absolute atomic E-state index is 0.247. The first-order chi connectivity index (χ1) is 13.6. The van der Waals surface area contributed by atoms with Gasteiger partial charge >= 0.3 is 0 Å². The highest BCUT2D eigenvalue weighted by Crippen LogP contribution is 2.18. The van der Waals surface area contributed by atoms with Gasteiger partial charge in [0.1, 0.15) is 5.75 Å². The fourth-order valence-corrected chi connectivity index (χ4v) is 2.85. The Morgan fingerprint density at radius 2 is 1.68 bits per heavy atom. The van der Waals surface area contributed by atoms with Crippen LogP contribution in [0, 0.1) is 6.92 Å². The fourth-order valence-electron chi connectivity index (χ4n) is 2.85. The van der Waals surface area contributed by atoms with E-state index in [0.29, 0.717) is 29.1 Å². The second-order valence-electron chi connectivity index (χ2n) is 6.40. The van der Waals surface area contributed by atoms with Crippen molar-refractivity contribution in [1.29, 1.82) is 0 Å². The number of aryl methyl sites for hydroxylation is 1. The van der Waals surface area contributed by atoms with E-state index in [4.69, 9.17) is 4.74 Å². The molecule has 2 amide bonds. The smallest absolute Gasteiger partial charge is 0.255 e. The Balaban J connectivity index is 1.73. The van der Waals surface area contributed by atoms with E-state index in [1.54, 1.807) is 55.6 Å². The monoisotopic (exact) mass is 374 g/mol. The van der Waals surface area contributed by atoms with Crippen LogP contribution in [0.4, 0.5) is 5.69 Å². The van der Waals surface area contributed by atoms with E-state index in [1.807, 2.05) is 31.2 Å². The summed E-state index contributed by atoms with van der Waals surface area (Å²) < 4.78 is 5.16. The number of benzene rings is 3. The quantitative estimate of drug-likeness (QED) is 0.680. The van der Waals surface area contributed by atoms with Crippen molar-refractivity contribution in [3.63, 3.8) is 0 Å². The summed E-state index contributed by atoms with van der Waals surface area (Å²) in [6.45, 7) is 2.42. The molecule has 3 aromatic carbocycles. The minimum atomic E-state index is -0.308. The van der Waals surface area contributed by atoms with Crippen molar-refractivity contribution >= 4 is 17.5 Å². The van der Waals surface area contributed by atoms with Crippen molar-refractivity contribution in [2.24, 2.45) is 0 Å². The average Bonchev–Trinajstić information content (AvgIpc) is 2.72. The van der Waals surface area contributed by atoms with E-state index in [1.165, 1.54) is 0 Å². The lowest BCUT2D eigenvalue weighted by molar-refractivity contribution is 0.0952. The van der Waals surface area contributed by atoms with Gasteiger partial charge in [-0.25, -0.2) is 0 Å². The summed E-state index contributed by atoms with van der Waals surface area (Å²) in [7, 11) is 1.55. The number of carbonyl (C=O) groups is 2. The van der Waals surface area contributed by atoms with Gasteiger partial charge < -0.3 is 15.4 Å². The number of para-hydroxylation sites is 1. The van der Waals surface area contributed by atoms with Crippen LogP contribution in [0.1, 0.15) is 31.8 Å². The van der Waals surface area contributed by atoms with Gasteiger partial charge in [-0.05, 0) is 42.8 Å². The number of rotatable bonds is 6. The zero-order chi connectivity index (χ0) is 19.9. The summed E-state index contributed by atoms with van der Waals surface area (Å²) in [5, 5.41) is 5.71. The van der Waals surface area contributed by atoms with Gasteiger partial charge in [0.15, 0.2) is 0 Å². The van der Waals surface area contributed by atoms with Crippen LogP contribution in [-0.4, -0.2) is 18.9 Å². The average molecular weight is 374 g/mol. The number of anilines is 1. The molecule has 0 aromatic heterocycles. The second kappa shape index (κ2) is 8.86. The third-order valence-electron chi connectivity index (χ3n) is 4.29. The highest BCUT2D eigenvalue weighted by atomic mass is 16.5. The van der Waals surface area contributed by atoms with Gasteiger partial charge in [-0.2, -0.15) is 0 Å². The zero-order valence-corrected chi connectivity index (χ0v) is 15.9. The van der Waals surface area contributed by atoms with E-state index >= 15 is 0 Å². The Hall–Kier alpha value is -3.60.